The van der Waals surface area contributed by atoms with E-state index in [1.165, 1.54) is 0 Å². The molecular weight excluding hydrogens is 314 g/mol. The molecule has 0 bridgehead atoms. The molecule has 1 saturated carbocycles. The molecule has 2 amide bonds. The summed E-state index contributed by atoms with van der Waals surface area (Å²) in [6, 6.07) is 7.52. The highest BCUT2D eigenvalue weighted by molar-refractivity contribution is 5.94. The first kappa shape index (κ1) is 19.5. The van der Waals surface area contributed by atoms with Crippen molar-refractivity contribution in [3.63, 3.8) is 0 Å². The molecule has 6 heteroatoms. The lowest BCUT2D eigenvalue weighted by Crippen LogP contribution is -2.30. The van der Waals surface area contributed by atoms with Gasteiger partial charge in [-0.05, 0) is 43.4 Å². The van der Waals surface area contributed by atoms with E-state index in [1.807, 2.05) is 25.1 Å². The zero-order chi connectivity index (χ0) is 15.9. The zero-order valence-electron chi connectivity index (χ0n) is 13.5. The standard InChI is InChI=1S/C17H25N3O2.ClH/c1-2-8-19-16(21)13-5-3-4-12(9-13)11-20-17(22)14-6-7-15(18)10-14;/h3-5,9,14-15H,2,6-8,10-11,18H2,1H3,(H,19,21)(H,20,22);1H. The molecule has 0 heterocycles. The van der Waals surface area contributed by atoms with Crippen LogP contribution in [0, 0.1) is 5.92 Å². The SMILES string of the molecule is CCCNC(=O)c1cccc(CNC(=O)C2CCC(N)C2)c1.Cl. The van der Waals surface area contributed by atoms with Crippen LogP contribution < -0.4 is 16.4 Å². The van der Waals surface area contributed by atoms with Gasteiger partial charge in [-0.15, -0.1) is 12.4 Å². The maximum atomic E-state index is 12.1. The number of rotatable bonds is 6. The number of hydrogen-bond acceptors (Lipinski definition) is 3. The van der Waals surface area contributed by atoms with Crippen molar-refractivity contribution in [2.24, 2.45) is 11.7 Å². The van der Waals surface area contributed by atoms with Crippen LogP contribution in [-0.4, -0.2) is 24.4 Å². The number of carbonyl (C=O) groups is 2. The van der Waals surface area contributed by atoms with Gasteiger partial charge in [0.25, 0.3) is 5.91 Å². The summed E-state index contributed by atoms with van der Waals surface area (Å²) < 4.78 is 0. The van der Waals surface area contributed by atoms with Crippen LogP contribution in [-0.2, 0) is 11.3 Å². The fourth-order valence-electron chi connectivity index (χ4n) is 2.75. The summed E-state index contributed by atoms with van der Waals surface area (Å²) in [5.41, 5.74) is 7.40. The third-order valence-electron chi connectivity index (χ3n) is 4.04. The Morgan fingerprint density at radius 3 is 2.70 bits per heavy atom. The molecule has 0 saturated heterocycles. The summed E-state index contributed by atoms with van der Waals surface area (Å²) in [6.45, 7) is 3.13. The summed E-state index contributed by atoms with van der Waals surface area (Å²) >= 11 is 0. The summed E-state index contributed by atoms with van der Waals surface area (Å²) in [4.78, 5) is 24.0. The van der Waals surface area contributed by atoms with E-state index in [0.717, 1.165) is 31.2 Å². The van der Waals surface area contributed by atoms with Gasteiger partial charge in [0, 0.05) is 30.6 Å². The predicted molar refractivity (Wildman–Crippen MR) is 93.5 cm³/mol. The minimum Gasteiger partial charge on any atom is -0.352 e. The lowest BCUT2D eigenvalue weighted by atomic mass is 10.1. The Kier molecular flexibility index (Phi) is 8.06. The summed E-state index contributed by atoms with van der Waals surface area (Å²) in [6.07, 6.45) is 3.47. The van der Waals surface area contributed by atoms with Gasteiger partial charge in [-0.2, -0.15) is 0 Å². The van der Waals surface area contributed by atoms with E-state index in [4.69, 9.17) is 5.73 Å². The Balaban J connectivity index is 0.00000264. The minimum atomic E-state index is -0.0724. The highest BCUT2D eigenvalue weighted by atomic mass is 35.5. The molecule has 2 unspecified atom stereocenters. The maximum absolute atomic E-state index is 12.1. The first-order valence-electron chi connectivity index (χ1n) is 8.00. The average molecular weight is 340 g/mol. The minimum absolute atomic E-state index is 0. The highest BCUT2D eigenvalue weighted by Crippen LogP contribution is 2.24. The van der Waals surface area contributed by atoms with E-state index >= 15 is 0 Å². The van der Waals surface area contributed by atoms with E-state index in [-0.39, 0.29) is 36.2 Å². The van der Waals surface area contributed by atoms with Crippen LogP contribution in [0.15, 0.2) is 24.3 Å². The van der Waals surface area contributed by atoms with Gasteiger partial charge < -0.3 is 16.4 Å². The number of halogens is 1. The fraction of sp³-hybridized carbons (Fsp3) is 0.529. The normalized spacial score (nSPS) is 19.7. The van der Waals surface area contributed by atoms with Crippen LogP contribution in [0.5, 0.6) is 0 Å². The number of benzene rings is 1. The molecule has 0 aromatic heterocycles. The average Bonchev–Trinajstić information content (AvgIpc) is 2.97. The van der Waals surface area contributed by atoms with Gasteiger partial charge in [0.2, 0.25) is 5.91 Å². The number of carbonyl (C=O) groups excluding carboxylic acids is 2. The molecule has 2 atom stereocenters. The zero-order valence-corrected chi connectivity index (χ0v) is 14.3. The first-order valence-corrected chi connectivity index (χ1v) is 8.00. The summed E-state index contributed by atoms with van der Waals surface area (Å²) in [5, 5.41) is 5.79. The van der Waals surface area contributed by atoms with Crippen LogP contribution in [0.3, 0.4) is 0 Å². The van der Waals surface area contributed by atoms with E-state index in [0.29, 0.717) is 18.7 Å². The van der Waals surface area contributed by atoms with E-state index in [9.17, 15) is 9.59 Å². The third-order valence-corrected chi connectivity index (χ3v) is 4.04. The molecule has 0 radical (unpaired) electrons. The van der Waals surface area contributed by atoms with Gasteiger partial charge in [0.05, 0.1) is 0 Å². The van der Waals surface area contributed by atoms with Gasteiger partial charge in [-0.25, -0.2) is 0 Å². The third kappa shape index (κ3) is 5.84. The summed E-state index contributed by atoms with van der Waals surface area (Å²) in [7, 11) is 0. The van der Waals surface area contributed by atoms with Crippen molar-refractivity contribution in [2.75, 3.05) is 6.54 Å². The Hall–Kier alpha value is -1.59. The van der Waals surface area contributed by atoms with Crippen molar-refractivity contribution in [1.82, 2.24) is 10.6 Å². The van der Waals surface area contributed by atoms with Gasteiger partial charge in [-0.1, -0.05) is 19.1 Å². The van der Waals surface area contributed by atoms with Gasteiger partial charge in [0.1, 0.15) is 0 Å². The lowest BCUT2D eigenvalue weighted by Gasteiger charge is -2.11. The van der Waals surface area contributed by atoms with Crippen LogP contribution in [0.2, 0.25) is 0 Å². The lowest BCUT2D eigenvalue weighted by molar-refractivity contribution is -0.125. The topological polar surface area (TPSA) is 84.2 Å². The number of nitrogens with two attached hydrogens (primary N) is 1. The Morgan fingerprint density at radius 2 is 2.04 bits per heavy atom. The molecule has 23 heavy (non-hydrogen) atoms. The Labute approximate surface area is 143 Å². The largest absolute Gasteiger partial charge is 0.352 e. The monoisotopic (exact) mass is 339 g/mol. The molecule has 1 fully saturated rings. The smallest absolute Gasteiger partial charge is 0.251 e. The molecule has 128 valence electrons. The Bertz CT molecular complexity index is 536. The number of hydrogen-bond donors (Lipinski definition) is 3. The first-order chi connectivity index (χ1) is 10.6. The molecular formula is C17H26ClN3O2. The molecule has 1 aliphatic rings. The summed E-state index contributed by atoms with van der Waals surface area (Å²) in [5.74, 6) is 0.0246. The number of amides is 2. The van der Waals surface area contributed by atoms with Gasteiger partial charge in [-0.3, -0.25) is 9.59 Å². The van der Waals surface area contributed by atoms with E-state index < -0.39 is 0 Å². The van der Waals surface area contributed by atoms with Crippen molar-refractivity contribution in [3.8, 4) is 0 Å². The second-order valence-electron chi connectivity index (χ2n) is 5.94. The van der Waals surface area contributed by atoms with Crippen molar-refractivity contribution in [1.29, 1.82) is 0 Å². The Morgan fingerprint density at radius 1 is 1.26 bits per heavy atom. The second-order valence-corrected chi connectivity index (χ2v) is 5.94. The molecule has 1 aromatic rings. The molecule has 1 aromatic carbocycles. The van der Waals surface area contributed by atoms with Crippen LogP contribution in [0.1, 0.15) is 48.5 Å². The quantitative estimate of drug-likeness (QED) is 0.741. The highest BCUT2D eigenvalue weighted by Gasteiger charge is 2.27. The van der Waals surface area contributed by atoms with E-state index in [2.05, 4.69) is 10.6 Å². The van der Waals surface area contributed by atoms with E-state index in [1.54, 1.807) is 6.07 Å². The molecule has 4 N–H and O–H groups in total. The van der Waals surface area contributed by atoms with Crippen molar-refractivity contribution < 1.29 is 9.59 Å². The van der Waals surface area contributed by atoms with Gasteiger partial charge in [0.15, 0.2) is 0 Å². The maximum Gasteiger partial charge on any atom is 0.251 e. The number of nitrogens with one attached hydrogen (secondary N) is 2. The second kappa shape index (κ2) is 9.53. The molecule has 5 nitrogen and oxygen atoms in total. The molecule has 0 spiro atoms. The van der Waals surface area contributed by atoms with Gasteiger partial charge >= 0.3 is 0 Å². The van der Waals surface area contributed by atoms with Crippen LogP contribution >= 0.6 is 12.4 Å². The van der Waals surface area contributed by atoms with Crippen LogP contribution in [0.25, 0.3) is 0 Å². The van der Waals surface area contributed by atoms with Crippen molar-refractivity contribution >= 4 is 24.2 Å². The van der Waals surface area contributed by atoms with Crippen LogP contribution in [0.4, 0.5) is 0 Å². The van der Waals surface area contributed by atoms with Crippen molar-refractivity contribution in [2.45, 2.75) is 45.2 Å². The molecule has 2 rings (SSSR count). The predicted octanol–water partition coefficient (Wildman–Crippen LogP) is 1.99. The fourth-order valence-corrected chi connectivity index (χ4v) is 2.75. The molecule has 0 aliphatic heterocycles. The van der Waals surface area contributed by atoms with Crippen molar-refractivity contribution in [3.05, 3.63) is 35.4 Å². The molecule has 1 aliphatic carbocycles.